The van der Waals surface area contributed by atoms with E-state index in [0.29, 0.717) is 18.0 Å². The summed E-state index contributed by atoms with van der Waals surface area (Å²) in [7, 11) is 0. The Balaban J connectivity index is 2.29. The van der Waals surface area contributed by atoms with Crippen molar-refractivity contribution in [2.24, 2.45) is 5.73 Å². The maximum atomic E-state index is 12.0. The topological polar surface area (TPSA) is 55.1 Å². The highest BCUT2D eigenvalue weighted by Gasteiger charge is 2.36. The minimum absolute atomic E-state index is 0.376. The first-order chi connectivity index (χ1) is 9.58. The van der Waals surface area contributed by atoms with Crippen LogP contribution in [0.3, 0.4) is 0 Å². The number of primary amides is 1. The van der Waals surface area contributed by atoms with E-state index in [0.717, 1.165) is 10.4 Å². The van der Waals surface area contributed by atoms with E-state index >= 15 is 0 Å². The third kappa shape index (κ3) is 3.03. The minimum atomic E-state index is -0.866. The molecular formula is C15H17ClN2OS. The van der Waals surface area contributed by atoms with E-state index in [1.165, 1.54) is 0 Å². The van der Waals surface area contributed by atoms with Crippen molar-refractivity contribution in [1.82, 2.24) is 5.32 Å². The third-order valence-corrected chi connectivity index (χ3v) is 4.56. The van der Waals surface area contributed by atoms with Gasteiger partial charge >= 0.3 is 0 Å². The fourth-order valence-corrected chi connectivity index (χ4v) is 2.99. The van der Waals surface area contributed by atoms with E-state index in [9.17, 15) is 4.79 Å². The van der Waals surface area contributed by atoms with Gasteiger partial charge in [0.25, 0.3) is 0 Å². The summed E-state index contributed by atoms with van der Waals surface area (Å²) in [6.07, 6.45) is 0.579. The molecule has 0 saturated carbocycles. The molecule has 106 valence electrons. The van der Waals surface area contributed by atoms with E-state index in [4.69, 9.17) is 17.3 Å². The Bertz CT molecular complexity index is 568. The van der Waals surface area contributed by atoms with Crippen LogP contribution in [0.25, 0.3) is 0 Å². The Labute approximate surface area is 127 Å². The number of carbonyl (C=O) groups is 1. The van der Waals surface area contributed by atoms with Crippen LogP contribution >= 0.6 is 22.9 Å². The van der Waals surface area contributed by atoms with Gasteiger partial charge in [-0.05, 0) is 35.6 Å². The zero-order valence-corrected chi connectivity index (χ0v) is 12.8. The molecular weight excluding hydrogens is 292 g/mol. The molecule has 0 aliphatic rings. The molecule has 0 aliphatic carbocycles. The van der Waals surface area contributed by atoms with Gasteiger partial charge in [0.1, 0.15) is 5.54 Å². The number of hydrogen-bond acceptors (Lipinski definition) is 3. The molecule has 5 heteroatoms. The highest BCUT2D eigenvalue weighted by atomic mass is 35.5. The first kappa shape index (κ1) is 15.0. The molecule has 0 saturated heterocycles. The fourth-order valence-electron chi connectivity index (χ4n) is 2.22. The van der Waals surface area contributed by atoms with E-state index in [1.807, 2.05) is 36.6 Å². The summed E-state index contributed by atoms with van der Waals surface area (Å²) >= 11 is 7.56. The van der Waals surface area contributed by atoms with Gasteiger partial charge in [0.05, 0.1) is 0 Å². The molecule has 0 bridgehead atoms. The predicted octanol–water partition coefficient (Wildman–Crippen LogP) is 3.28. The first-order valence-corrected chi connectivity index (χ1v) is 7.67. The molecule has 1 aromatic carbocycles. The summed E-state index contributed by atoms with van der Waals surface area (Å²) in [5.74, 6) is -0.376. The second kappa shape index (κ2) is 6.39. The van der Waals surface area contributed by atoms with Crippen LogP contribution in [-0.4, -0.2) is 5.91 Å². The highest BCUT2D eigenvalue weighted by Crippen LogP contribution is 2.27. The van der Waals surface area contributed by atoms with Crippen molar-refractivity contribution in [2.75, 3.05) is 0 Å². The van der Waals surface area contributed by atoms with Crippen LogP contribution in [0.5, 0.6) is 0 Å². The van der Waals surface area contributed by atoms with Gasteiger partial charge in [-0.3, -0.25) is 10.1 Å². The van der Waals surface area contributed by atoms with Gasteiger partial charge in [0, 0.05) is 16.4 Å². The maximum Gasteiger partial charge on any atom is 0.242 e. The second-order valence-electron chi connectivity index (χ2n) is 4.56. The number of halogens is 1. The quantitative estimate of drug-likeness (QED) is 0.860. The van der Waals surface area contributed by atoms with Gasteiger partial charge in [-0.1, -0.05) is 36.7 Å². The second-order valence-corrected chi connectivity index (χ2v) is 6.03. The molecule has 1 aromatic heterocycles. The summed E-state index contributed by atoms with van der Waals surface area (Å²) in [4.78, 5) is 13.2. The lowest BCUT2D eigenvalue weighted by atomic mass is 9.86. The molecule has 1 atom stereocenters. The van der Waals surface area contributed by atoms with Gasteiger partial charge in [0.2, 0.25) is 5.91 Å². The summed E-state index contributed by atoms with van der Waals surface area (Å²) in [6, 6.07) is 11.3. The van der Waals surface area contributed by atoms with E-state index < -0.39 is 5.54 Å². The van der Waals surface area contributed by atoms with E-state index in [1.54, 1.807) is 23.5 Å². The smallest absolute Gasteiger partial charge is 0.242 e. The van der Waals surface area contributed by atoms with Crippen molar-refractivity contribution >= 4 is 28.8 Å². The van der Waals surface area contributed by atoms with E-state index in [2.05, 4.69) is 5.32 Å². The van der Waals surface area contributed by atoms with Crippen LogP contribution in [0.15, 0.2) is 41.8 Å². The van der Waals surface area contributed by atoms with Crippen molar-refractivity contribution < 1.29 is 4.79 Å². The average molecular weight is 309 g/mol. The molecule has 0 radical (unpaired) electrons. The van der Waals surface area contributed by atoms with Gasteiger partial charge in [0.15, 0.2) is 0 Å². The third-order valence-electron chi connectivity index (χ3n) is 3.43. The Morgan fingerprint density at radius 3 is 2.55 bits per heavy atom. The molecule has 20 heavy (non-hydrogen) atoms. The van der Waals surface area contributed by atoms with Crippen molar-refractivity contribution in [3.8, 4) is 0 Å². The number of nitrogens with one attached hydrogen (secondary N) is 1. The van der Waals surface area contributed by atoms with E-state index in [-0.39, 0.29) is 5.91 Å². The number of benzene rings is 1. The van der Waals surface area contributed by atoms with Crippen molar-refractivity contribution in [3.63, 3.8) is 0 Å². The zero-order valence-electron chi connectivity index (χ0n) is 11.2. The Kier molecular flexibility index (Phi) is 4.81. The lowest BCUT2D eigenvalue weighted by Crippen LogP contribution is -2.51. The standard InChI is InChI=1S/C15H17ClN2OS/c1-2-15(14(17)19,11-5-7-12(16)8-6-11)18-10-13-4-3-9-20-13/h3-9,18H,2,10H2,1H3,(H2,17,19). The van der Waals surface area contributed by atoms with Crippen LogP contribution < -0.4 is 11.1 Å². The average Bonchev–Trinajstić information content (AvgIpc) is 2.94. The van der Waals surface area contributed by atoms with Crippen molar-refractivity contribution in [2.45, 2.75) is 25.4 Å². The van der Waals surface area contributed by atoms with Crippen LogP contribution in [0.2, 0.25) is 5.02 Å². The molecule has 0 spiro atoms. The zero-order chi connectivity index (χ0) is 14.6. The Morgan fingerprint density at radius 1 is 1.35 bits per heavy atom. The SMILES string of the molecule is CCC(NCc1cccs1)(C(N)=O)c1ccc(Cl)cc1. The Hall–Kier alpha value is -1.36. The maximum absolute atomic E-state index is 12.0. The summed E-state index contributed by atoms with van der Waals surface area (Å²) in [5.41, 5.74) is 5.64. The first-order valence-electron chi connectivity index (χ1n) is 6.42. The number of hydrogen-bond donors (Lipinski definition) is 2. The Morgan fingerprint density at radius 2 is 2.05 bits per heavy atom. The summed E-state index contributed by atoms with van der Waals surface area (Å²) in [5, 5.41) is 5.96. The summed E-state index contributed by atoms with van der Waals surface area (Å²) in [6.45, 7) is 2.55. The molecule has 2 aromatic rings. The predicted molar refractivity (Wildman–Crippen MR) is 83.8 cm³/mol. The number of thiophene rings is 1. The monoisotopic (exact) mass is 308 g/mol. The normalized spacial score (nSPS) is 13.9. The molecule has 0 aliphatic heterocycles. The number of nitrogens with two attached hydrogens (primary N) is 1. The number of rotatable bonds is 6. The van der Waals surface area contributed by atoms with Crippen LogP contribution in [0.4, 0.5) is 0 Å². The molecule has 1 amide bonds. The lowest BCUT2D eigenvalue weighted by molar-refractivity contribution is -0.125. The minimum Gasteiger partial charge on any atom is -0.368 e. The largest absolute Gasteiger partial charge is 0.368 e. The van der Waals surface area contributed by atoms with Crippen molar-refractivity contribution in [3.05, 3.63) is 57.2 Å². The van der Waals surface area contributed by atoms with Gasteiger partial charge in [-0.2, -0.15) is 0 Å². The number of carbonyl (C=O) groups excluding carboxylic acids is 1. The lowest BCUT2D eigenvalue weighted by Gasteiger charge is -2.31. The molecule has 3 N–H and O–H groups in total. The van der Waals surface area contributed by atoms with Gasteiger partial charge in [-0.15, -0.1) is 11.3 Å². The van der Waals surface area contributed by atoms with Crippen LogP contribution in [-0.2, 0) is 16.9 Å². The van der Waals surface area contributed by atoms with Crippen LogP contribution in [0.1, 0.15) is 23.8 Å². The molecule has 2 rings (SSSR count). The summed E-state index contributed by atoms with van der Waals surface area (Å²) < 4.78 is 0. The molecule has 0 fully saturated rings. The molecule has 3 nitrogen and oxygen atoms in total. The highest BCUT2D eigenvalue weighted by molar-refractivity contribution is 7.09. The van der Waals surface area contributed by atoms with Gasteiger partial charge < -0.3 is 5.73 Å². The number of amides is 1. The van der Waals surface area contributed by atoms with Gasteiger partial charge in [-0.25, -0.2) is 0 Å². The van der Waals surface area contributed by atoms with Crippen LogP contribution in [0, 0.1) is 0 Å². The van der Waals surface area contributed by atoms with Crippen molar-refractivity contribution in [1.29, 1.82) is 0 Å². The molecule has 1 unspecified atom stereocenters. The fraction of sp³-hybridized carbons (Fsp3) is 0.267. The molecule has 1 heterocycles.